The maximum Gasteiger partial charge on any atom is 0.335 e. The highest BCUT2D eigenvalue weighted by molar-refractivity contribution is 5.89. The standard InChI is InChI=1S/C17H23NO4/c1-22-12-13-8-10-18(11-9-13)16(19)7-6-14-4-2-3-5-15(14)17(20)21/h2-5,13H,6-12H2,1H3,(H,20,21). The lowest BCUT2D eigenvalue weighted by atomic mass is 9.97. The Morgan fingerprint density at radius 2 is 1.95 bits per heavy atom. The maximum absolute atomic E-state index is 12.3. The normalized spacial score (nSPS) is 15.8. The van der Waals surface area contributed by atoms with E-state index in [0.717, 1.165) is 38.1 Å². The van der Waals surface area contributed by atoms with Gasteiger partial charge >= 0.3 is 5.97 Å². The van der Waals surface area contributed by atoms with Crippen molar-refractivity contribution >= 4 is 11.9 Å². The van der Waals surface area contributed by atoms with Gasteiger partial charge in [0.2, 0.25) is 5.91 Å². The molecule has 0 bridgehead atoms. The van der Waals surface area contributed by atoms with E-state index in [1.54, 1.807) is 25.3 Å². The molecule has 1 N–H and O–H groups in total. The fraction of sp³-hybridized carbons (Fsp3) is 0.529. The molecule has 5 heteroatoms. The second kappa shape index (κ2) is 7.94. The van der Waals surface area contributed by atoms with Gasteiger partial charge in [-0.1, -0.05) is 18.2 Å². The molecule has 0 unspecified atom stereocenters. The van der Waals surface area contributed by atoms with Crippen LogP contribution < -0.4 is 0 Å². The van der Waals surface area contributed by atoms with E-state index in [9.17, 15) is 9.59 Å². The molecule has 2 rings (SSSR count). The summed E-state index contributed by atoms with van der Waals surface area (Å²) in [5.74, 6) is -0.290. The number of amides is 1. The number of hydrogen-bond donors (Lipinski definition) is 1. The number of likely N-dealkylation sites (tertiary alicyclic amines) is 1. The Morgan fingerprint density at radius 3 is 2.59 bits per heavy atom. The highest BCUT2D eigenvalue weighted by Crippen LogP contribution is 2.19. The smallest absolute Gasteiger partial charge is 0.335 e. The highest BCUT2D eigenvalue weighted by atomic mass is 16.5. The SMILES string of the molecule is COCC1CCN(C(=O)CCc2ccccc2C(=O)O)CC1. The number of benzene rings is 1. The summed E-state index contributed by atoms with van der Waals surface area (Å²) >= 11 is 0. The molecule has 120 valence electrons. The van der Waals surface area contributed by atoms with Crippen molar-refractivity contribution in [3.05, 3.63) is 35.4 Å². The molecule has 1 aromatic rings. The Bertz CT molecular complexity index is 521. The van der Waals surface area contributed by atoms with Gasteiger partial charge in [-0.15, -0.1) is 0 Å². The van der Waals surface area contributed by atoms with Crippen molar-refractivity contribution in [1.29, 1.82) is 0 Å². The number of aromatic carboxylic acids is 1. The summed E-state index contributed by atoms with van der Waals surface area (Å²) in [5, 5.41) is 9.15. The van der Waals surface area contributed by atoms with Crippen LogP contribution in [0.1, 0.15) is 35.2 Å². The van der Waals surface area contributed by atoms with Gasteiger partial charge in [-0.05, 0) is 36.8 Å². The summed E-state index contributed by atoms with van der Waals surface area (Å²) in [6.45, 7) is 2.30. The van der Waals surface area contributed by atoms with E-state index in [2.05, 4.69) is 0 Å². The van der Waals surface area contributed by atoms with Gasteiger partial charge in [0.15, 0.2) is 0 Å². The van der Waals surface area contributed by atoms with Gasteiger partial charge in [0.1, 0.15) is 0 Å². The molecule has 1 amide bonds. The number of carbonyl (C=O) groups excluding carboxylic acids is 1. The minimum absolute atomic E-state index is 0.107. The average molecular weight is 305 g/mol. The van der Waals surface area contributed by atoms with Crippen LogP contribution in [0.25, 0.3) is 0 Å². The van der Waals surface area contributed by atoms with Crippen molar-refractivity contribution < 1.29 is 19.4 Å². The van der Waals surface area contributed by atoms with Gasteiger partial charge in [-0.25, -0.2) is 4.79 Å². The van der Waals surface area contributed by atoms with Crippen LogP contribution in [0.3, 0.4) is 0 Å². The zero-order valence-corrected chi connectivity index (χ0v) is 13.0. The molecular weight excluding hydrogens is 282 g/mol. The average Bonchev–Trinajstić information content (AvgIpc) is 2.54. The van der Waals surface area contributed by atoms with Gasteiger partial charge in [0.05, 0.1) is 5.56 Å². The lowest BCUT2D eigenvalue weighted by molar-refractivity contribution is -0.132. The van der Waals surface area contributed by atoms with Crippen molar-refractivity contribution in [2.24, 2.45) is 5.92 Å². The van der Waals surface area contributed by atoms with E-state index in [1.807, 2.05) is 11.0 Å². The molecule has 0 aliphatic carbocycles. The quantitative estimate of drug-likeness (QED) is 0.875. The number of ether oxygens (including phenoxy) is 1. The number of carboxylic acid groups (broad SMARTS) is 1. The zero-order chi connectivity index (χ0) is 15.9. The van der Waals surface area contributed by atoms with E-state index in [4.69, 9.17) is 9.84 Å². The largest absolute Gasteiger partial charge is 0.478 e. The molecule has 1 fully saturated rings. The van der Waals surface area contributed by atoms with Crippen LogP contribution in [0, 0.1) is 5.92 Å². The minimum Gasteiger partial charge on any atom is -0.478 e. The summed E-state index contributed by atoms with van der Waals surface area (Å²) in [5.41, 5.74) is 1.01. The third kappa shape index (κ3) is 4.31. The number of piperidine rings is 1. The van der Waals surface area contributed by atoms with Crippen LogP contribution in [0.5, 0.6) is 0 Å². The molecule has 22 heavy (non-hydrogen) atoms. The van der Waals surface area contributed by atoms with Crippen LogP contribution in [-0.2, 0) is 16.0 Å². The van der Waals surface area contributed by atoms with Gasteiger partial charge < -0.3 is 14.7 Å². The summed E-state index contributed by atoms with van der Waals surface area (Å²) in [6.07, 6.45) is 2.79. The Balaban J connectivity index is 1.85. The summed E-state index contributed by atoms with van der Waals surface area (Å²) < 4.78 is 5.16. The lowest BCUT2D eigenvalue weighted by Gasteiger charge is -2.31. The van der Waals surface area contributed by atoms with Crippen molar-refractivity contribution in [3.63, 3.8) is 0 Å². The van der Waals surface area contributed by atoms with E-state index in [0.29, 0.717) is 18.8 Å². The van der Waals surface area contributed by atoms with Gasteiger partial charge in [0.25, 0.3) is 0 Å². The van der Waals surface area contributed by atoms with Crippen LogP contribution in [0.2, 0.25) is 0 Å². The molecule has 0 spiro atoms. The molecule has 5 nitrogen and oxygen atoms in total. The lowest BCUT2D eigenvalue weighted by Crippen LogP contribution is -2.39. The number of nitrogens with zero attached hydrogens (tertiary/aromatic N) is 1. The summed E-state index contributed by atoms with van der Waals surface area (Å²) in [7, 11) is 1.71. The second-order valence-electron chi connectivity index (χ2n) is 5.74. The Labute approximate surface area is 130 Å². The summed E-state index contributed by atoms with van der Waals surface area (Å²) in [6, 6.07) is 6.87. The molecule has 0 atom stereocenters. The van der Waals surface area contributed by atoms with Gasteiger partial charge in [-0.2, -0.15) is 0 Å². The molecule has 0 radical (unpaired) electrons. The number of aryl methyl sites for hydroxylation is 1. The molecule has 1 aromatic carbocycles. The first-order chi connectivity index (χ1) is 10.6. The van der Waals surface area contributed by atoms with E-state index in [1.165, 1.54) is 0 Å². The first-order valence-electron chi connectivity index (χ1n) is 7.69. The highest BCUT2D eigenvalue weighted by Gasteiger charge is 2.22. The predicted molar refractivity (Wildman–Crippen MR) is 82.9 cm³/mol. The summed E-state index contributed by atoms with van der Waals surface area (Å²) in [4.78, 5) is 25.3. The number of carbonyl (C=O) groups is 2. The molecular formula is C17H23NO4. The topological polar surface area (TPSA) is 66.8 Å². The number of carboxylic acids is 1. The van der Waals surface area contributed by atoms with Gasteiger partial charge in [0, 0.05) is 33.2 Å². The van der Waals surface area contributed by atoms with Crippen LogP contribution >= 0.6 is 0 Å². The van der Waals surface area contributed by atoms with E-state index >= 15 is 0 Å². The number of rotatable bonds is 6. The van der Waals surface area contributed by atoms with Crippen molar-refractivity contribution in [1.82, 2.24) is 4.90 Å². The van der Waals surface area contributed by atoms with Crippen molar-refractivity contribution in [3.8, 4) is 0 Å². The van der Waals surface area contributed by atoms with Crippen LogP contribution in [0.15, 0.2) is 24.3 Å². The third-order valence-corrected chi connectivity index (χ3v) is 4.23. The first kappa shape index (κ1) is 16.5. The third-order valence-electron chi connectivity index (χ3n) is 4.23. The maximum atomic E-state index is 12.3. The molecule has 1 saturated heterocycles. The predicted octanol–water partition coefficient (Wildman–Crippen LogP) is 2.20. The molecule has 1 aliphatic heterocycles. The molecule has 1 aliphatic rings. The molecule has 0 aromatic heterocycles. The number of hydrogen-bond acceptors (Lipinski definition) is 3. The fourth-order valence-corrected chi connectivity index (χ4v) is 2.93. The first-order valence-corrected chi connectivity index (χ1v) is 7.69. The number of methoxy groups -OCH3 is 1. The monoisotopic (exact) mass is 305 g/mol. The van der Waals surface area contributed by atoms with Crippen molar-refractivity contribution in [2.75, 3.05) is 26.8 Å². The fourth-order valence-electron chi connectivity index (χ4n) is 2.93. The molecule has 1 heterocycles. The van der Waals surface area contributed by atoms with E-state index < -0.39 is 5.97 Å². The second-order valence-corrected chi connectivity index (χ2v) is 5.74. The van der Waals surface area contributed by atoms with Gasteiger partial charge in [-0.3, -0.25) is 4.79 Å². The Morgan fingerprint density at radius 1 is 1.27 bits per heavy atom. The Hall–Kier alpha value is -1.88. The zero-order valence-electron chi connectivity index (χ0n) is 13.0. The molecule has 0 saturated carbocycles. The van der Waals surface area contributed by atoms with Crippen LogP contribution in [-0.4, -0.2) is 48.7 Å². The minimum atomic E-state index is -0.941. The Kier molecular flexibility index (Phi) is 5.95. The van der Waals surface area contributed by atoms with E-state index in [-0.39, 0.29) is 11.5 Å². The van der Waals surface area contributed by atoms with Crippen molar-refractivity contribution in [2.45, 2.75) is 25.7 Å². The van der Waals surface area contributed by atoms with Crippen LogP contribution in [0.4, 0.5) is 0 Å².